The highest BCUT2D eigenvalue weighted by molar-refractivity contribution is 5.77. The first-order chi connectivity index (χ1) is 10.7. The largest absolute Gasteiger partial charge is 0.375 e. The molecule has 1 amide bonds. The highest BCUT2D eigenvalue weighted by Gasteiger charge is 2.23. The predicted molar refractivity (Wildman–Crippen MR) is 84.1 cm³/mol. The standard InChI is InChI=1S/C16H24N4O2/c1-12-13-5-9-19(15(21)11-22-2)10-6-14(13)18-16(17-12)20-7-3-4-8-20/h3-11H2,1-2H3. The van der Waals surface area contributed by atoms with Gasteiger partial charge in [-0.2, -0.15) is 0 Å². The van der Waals surface area contributed by atoms with Crippen LogP contribution in [0.15, 0.2) is 0 Å². The minimum Gasteiger partial charge on any atom is -0.375 e. The fourth-order valence-corrected chi connectivity index (χ4v) is 3.29. The lowest BCUT2D eigenvalue weighted by Crippen LogP contribution is -2.35. The maximum absolute atomic E-state index is 12.0. The summed E-state index contributed by atoms with van der Waals surface area (Å²) in [6.07, 6.45) is 4.07. The van der Waals surface area contributed by atoms with E-state index in [-0.39, 0.29) is 12.5 Å². The number of nitrogens with zero attached hydrogens (tertiary/aromatic N) is 4. The molecule has 0 unspecified atom stereocenters. The van der Waals surface area contributed by atoms with Gasteiger partial charge in [0, 0.05) is 45.4 Å². The first kappa shape index (κ1) is 15.2. The molecule has 0 atom stereocenters. The van der Waals surface area contributed by atoms with Crippen LogP contribution in [0.5, 0.6) is 0 Å². The number of aryl methyl sites for hydroxylation is 1. The zero-order valence-electron chi connectivity index (χ0n) is 13.5. The number of ether oxygens (including phenoxy) is 1. The van der Waals surface area contributed by atoms with E-state index in [1.807, 2.05) is 4.90 Å². The molecule has 3 heterocycles. The molecule has 2 aliphatic heterocycles. The summed E-state index contributed by atoms with van der Waals surface area (Å²) in [6, 6.07) is 0. The molecule has 120 valence electrons. The predicted octanol–water partition coefficient (Wildman–Crippen LogP) is 0.959. The van der Waals surface area contributed by atoms with Gasteiger partial charge in [-0.25, -0.2) is 9.97 Å². The average molecular weight is 304 g/mol. The Hall–Kier alpha value is -1.69. The molecule has 3 rings (SSSR count). The van der Waals surface area contributed by atoms with Crippen LogP contribution in [0.3, 0.4) is 0 Å². The molecule has 0 saturated carbocycles. The molecule has 1 fully saturated rings. The summed E-state index contributed by atoms with van der Waals surface area (Å²) in [6.45, 7) is 5.76. The van der Waals surface area contributed by atoms with Crippen molar-refractivity contribution in [3.8, 4) is 0 Å². The van der Waals surface area contributed by atoms with Gasteiger partial charge >= 0.3 is 0 Å². The zero-order chi connectivity index (χ0) is 15.5. The normalized spacial score (nSPS) is 18.3. The fraction of sp³-hybridized carbons (Fsp3) is 0.688. The average Bonchev–Trinajstić information content (AvgIpc) is 2.94. The number of carbonyl (C=O) groups is 1. The Kier molecular flexibility index (Phi) is 4.57. The Morgan fingerprint density at radius 2 is 1.86 bits per heavy atom. The molecule has 0 bridgehead atoms. The van der Waals surface area contributed by atoms with Crippen LogP contribution in [0, 0.1) is 6.92 Å². The van der Waals surface area contributed by atoms with Crippen LogP contribution in [0.2, 0.25) is 0 Å². The minimum absolute atomic E-state index is 0.0562. The number of anilines is 1. The van der Waals surface area contributed by atoms with Gasteiger partial charge < -0.3 is 14.5 Å². The van der Waals surface area contributed by atoms with Gasteiger partial charge in [0.1, 0.15) is 6.61 Å². The van der Waals surface area contributed by atoms with Gasteiger partial charge in [-0.3, -0.25) is 4.79 Å². The van der Waals surface area contributed by atoms with E-state index in [0.29, 0.717) is 6.54 Å². The topological polar surface area (TPSA) is 58.6 Å². The molecule has 0 spiro atoms. The van der Waals surface area contributed by atoms with E-state index in [1.165, 1.54) is 18.4 Å². The number of hydrogen-bond acceptors (Lipinski definition) is 5. The van der Waals surface area contributed by atoms with Crippen LogP contribution in [0.1, 0.15) is 29.8 Å². The summed E-state index contributed by atoms with van der Waals surface area (Å²) < 4.78 is 4.96. The summed E-state index contributed by atoms with van der Waals surface area (Å²) in [5.74, 6) is 0.922. The van der Waals surface area contributed by atoms with Crippen molar-refractivity contribution in [2.45, 2.75) is 32.6 Å². The second-order valence-corrected chi connectivity index (χ2v) is 6.04. The highest BCUT2D eigenvalue weighted by Crippen LogP contribution is 2.22. The monoisotopic (exact) mass is 304 g/mol. The van der Waals surface area contributed by atoms with Gasteiger partial charge in [0.25, 0.3) is 0 Å². The smallest absolute Gasteiger partial charge is 0.248 e. The molecular formula is C16H24N4O2. The van der Waals surface area contributed by atoms with Gasteiger partial charge in [0.2, 0.25) is 11.9 Å². The molecule has 0 N–H and O–H groups in total. The molecule has 6 heteroatoms. The van der Waals surface area contributed by atoms with Gasteiger partial charge in [0.15, 0.2) is 0 Å². The lowest BCUT2D eigenvalue weighted by atomic mass is 10.1. The summed E-state index contributed by atoms with van der Waals surface area (Å²) >= 11 is 0. The Balaban J connectivity index is 1.79. The number of carbonyl (C=O) groups excluding carboxylic acids is 1. The lowest BCUT2D eigenvalue weighted by molar-refractivity contribution is -0.135. The van der Waals surface area contributed by atoms with E-state index in [9.17, 15) is 4.79 Å². The minimum atomic E-state index is 0.0562. The molecular weight excluding hydrogens is 280 g/mol. The third-order valence-corrected chi connectivity index (χ3v) is 4.55. The van der Waals surface area contributed by atoms with E-state index in [0.717, 1.165) is 49.8 Å². The molecule has 1 aromatic heterocycles. The van der Waals surface area contributed by atoms with Crippen molar-refractivity contribution < 1.29 is 9.53 Å². The van der Waals surface area contributed by atoms with Crippen LogP contribution in [-0.4, -0.2) is 60.7 Å². The van der Waals surface area contributed by atoms with Crippen molar-refractivity contribution in [2.24, 2.45) is 0 Å². The summed E-state index contributed by atoms with van der Waals surface area (Å²) in [7, 11) is 1.56. The van der Waals surface area contributed by atoms with Gasteiger partial charge in [-0.15, -0.1) is 0 Å². The number of methoxy groups -OCH3 is 1. The lowest BCUT2D eigenvalue weighted by Gasteiger charge is -2.19. The van der Waals surface area contributed by atoms with Crippen molar-refractivity contribution in [2.75, 3.05) is 44.8 Å². The second kappa shape index (κ2) is 6.60. The van der Waals surface area contributed by atoms with Gasteiger partial charge in [-0.05, 0) is 31.7 Å². The van der Waals surface area contributed by atoms with Crippen LogP contribution in [0.25, 0.3) is 0 Å². The quantitative estimate of drug-likeness (QED) is 0.832. The van der Waals surface area contributed by atoms with Crippen LogP contribution >= 0.6 is 0 Å². The maximum Gasteiger partial charge on any atom is 0.248 e. The maximum atomic E-state index is 12.0. The number of amides is 1. The van der Waals surface area contributed by atoms with Gasteiger partial charge in [0.05, 0.1) is 5.69 Å². The van der Waals surface area contributed by atoms with E-state index in [4.69, 9.17) is 14.7 Å². The van der Waals surface area contributed by atoms with Crippen LogP contribution < -0.4 is 4.90 Å². The first-order valence-corrected chi connectivity index (χ1v) is 8.07. The molecule has 0 aliphatic carbocycles. The number of hydrogen-bond donors (Lipinski definition) is 0. The summed E-state index contributed by atoms with van der Waals surface area (Å²) in [4.78, 5) is 25.7. The first-order valence-electron chi connectivity index (χ1n) is 8.07. The van der Waals surface area contributed by atoms with Crippen molar-refractivity contribution >= 4 is 11.9 Å². The Bertz CT molecular complexity index is 555. The van der Waals surface area contributed by atoms with Crippen LogP contribution in [-0.2, 0) is 22.4 Å². The number of fused-ring (bicyclic) bond motifs is 1. The van der Waals surface area contributed by atoms with E-state index < -0.39 is 0 Å². The number of rotatable bonds is 3. The third kappa shape index (κ3) is 3.06. The molecule has 0 aromatic carbocycles. The third-order valence-electron chi connectivity index (χ3n) is 4.55. The van der Waals surface area contributed by atoms with E-state index >= 15 is 0 Å². The highest BCUT2D eigenvalue weighted by atomic mass is 16.5. The van der Waals surface area contributed by atoms with Gasteiger partial charge in [-0.1, -0.05) is 0 Å². The molecule has 2 aliphatic rings. The summed E-state index contributed by atoms with van der Waals surface area (Å²) in [5.41, 5.74) is 3.39. The SMILES string of the molecule is COCC(=O)N1CCc2nc(N3CCCC3)nc(C)c2CC1. The zero-order valence-corrected chi connectivity index (χ0v) is 13.5. The van der Waals surface area contributed by atoms with E-state index in [1.54, 1.807) is 7.11 Å². The molecule has 1 aromatic rings. The summed E-state index contributed by atoms with van der Waals surface area (Å²) in [5, 5.41) is 0. The number of aromatic nitrogens is 2. The molecule has 22 heavy (non-hydrogen) atoms. The van der Waals surface area contributed by atoms with Crippen LogP contribution in [0.4, 0.5) is 5.95 Å². The van der Waals surface area contributed by atoms with Crippen molar-refractivity contribution in [3.05, 3.63) is 17.0 Å². The van der Waals surface area contributed by atoms with E-state index in [2.05, 4.69) is 11.8 Å². The fourth-order valence-electron chi connectivity index (χ4n) is 3.29. The second-order valence-electron chi connectivity index (χ2n) is 6.04. The Morgan fingerprint density at radius 3 is 2.59 bits per heavy atom. The van der Waals surface area contributed by atoms with Crippen molar-refractivity contribution in [1.29, 1.82) is 0 Å². The molecule has 6 nitrogen and oxygen atoms in total. The molecule has 0 radical (unpaired) electrons. The van der Waals surface area contributed by atoms with Crippen molar-refractivity contribution in [3.63, 3.8) is 0 Å². The Labute approximate surface area is 131 Å². The molecule has 1 saturated heterocycles. The Morgan fingerprint density at radius 1 is 1.14 bits per heavy atom. The van der Waals surface area contributed by atoms with Crippen molar-refractivity contribution in [1.82, 2.24) is 14.9 Å².